The Morgan fingerprint density at radius 1 is 1.48 bits per heavy atom. The minimum absolute atomic E-state index is 0.124. The third kappa shape index (κ3) is 5.03. The molecular formula is C14H20N4O3. The Balaban J connectivity index is 1.83. The molecule has 1 fully saturated rings. The van der Waals surface area contributed by atoms with Crippen LogP contribution in [0.5, 0.6) is 0 Å². The quantitative estimate of drug-likeness (QED) is 0.767. The number of likely N-dealkylation sites (tertiary alicyclic amines) is 1. The largest absolute Gasteiger partial charge is 0.481 e. The average molecular weight is 292 g/mol. The monoisotopic (exact) mass is 292 g/mol. The van der Waals surface area contributed by atoms with Gasteiger partial charge in [0, 0.05) is 12.6 Å². The fourth-order valence-electron chi connectivity index (χ4n) is 2.39. The molecule has 1 unspecified atom stereocenters. The molecule has 1 aliphatic rings. The van der Waals surface area contributed by atoms with Crippen molar-refractivity contribution in [1.29, 1.82) is 0 Å². The topological polar surface area (TPSA) is 94.6 Å². The summed E-state index contributed by atoms with van der Waals surface area (Å²) in [5, 5.41) is 14.3. The van der Waals surface area contributed by atoms with Crippen molar-refractivity contribution in [2.75, 3.05) is 25.5 Å². The zero-order valence-corrected chi connectivity index (χ0v) is 12.0. The Morgan fingerprint density at radius 2 is 2.29 bits per heavy atom. The highest BCUT2D eigenvalue weighted by Gasteiger charge is 2.18. The Labute approximate surface area is 123 Å². The number of hydrogen-bond acceptors (Lipinski definition) is 4. The van der Waals surface area contributed by atoms with Gasteiger partial charge in [0.2, 0.25) is 0 Å². The van der Waals surface area contributed by atoms with Crippen LogP contribution in [0.1, 0.15) is 18.5 Å². The second-order valence-corrected chi connectivity index (χ2v) is 5.31. The maximum Gasteiger partial charge on any atom is 0.319 e. The summed E-state index contributed by atoms with van der Waals surface area (Å²) in [6.07, 6.45) is 3.40. The van der Waals surface area contributed by atoms with Crippen LogP contribution in [0.25, 0.3) is 0 Å². The van der Waals surface area contributed by atoms with Crippen LogP contribution in [-0.4, -0.2) is 53.2 Å². The summed E-state index contributed by atoms with van der Waals surface area (Å²) < 4.78 is 0. The molecule has 3 N–H and O–H groups in total. The first-order chi connectivity index (χ1) is 10.0. The van der Waals surface area contributed by atoms with Crippen molar-refractivity contribution >= 4 is 17.7 Å². The number of hydrogen-bond donors (Lipinski definition) is 3. The fourth-order valence-corrected chi connectivity index (χ4v) is 2.39. The van der Waals surface area contributed by atoms with Crippen LogP contribution in [-0.2, 0) is 11.2 Å². The van der Waals surface area contributed by atoms with Crippen LogP contribution in [0.2, 0.25) is 0 Å². The summed E-state index contributed by atoms with van der Waals surface area (Å²) in [4.78, 5) is 28.6. The number of anilines is 1. The molecule has 0 aromatic carbocycles. The van der Waals surface area contributed by atoms with E-state index in [1.165, 1.54) is 6.20 Å². The van der Waals surface area contributed by atoms with E-state index in [4.69, 9.17) is 5.11 Å². The smallest absolute Gasteiger partial charge is 0.319 e. The molecule has 1 atom stereocenters. The molecule has 7 nitrogen and oxygen atoms in total. The second-order valence-electron chi connectivity index (χ2n) is 5.31. The van der Waals surface area contributed by atoms with Gasteiger partial charge in [-0.3, -0.25) is 9.78 Å². The highest BCUT2D eigenvalue weighted by molar-refractivity contribution is 5.89. The fraction of sp³-hybridized carbons (Fsp3) is 0.500. The lowest BCUT2D eigenvalue weighted by molar-refractivity contribution is -0.136. The van der Waals surface area contributed by atoms with Gasteiger partial charge in [-0.1, -0.05) is 0 Å². The Bertz CT molecular complexity index is 503. The van der Waals surface area contributed by atoms with Crippen molar-refractivity contribution in [3.8, 4) is 0 Å². The minimum atomic E-state index is -0.928. The van der Waals surface area contributed by atoms with E-state index in [1.807, 2.05) is 7.05 Å². The van der Waals surface area contributed by atoms with Gasteiger partial charge in [0.1, 0.15) is 0 Å². The number of carboxylic acids is 1. The number of carboxylic acid groups (broad SMARTS) is 1. The molecule has 1 aromatic rings. The number of piperidine rings is 1. The zero-order valence-electron chi connectivity index (χ0n) is 12.0. The van der Waals surface area contributed by atoms with Gasteiger partial charge in [-0.05, 0) is 38.6 Å². The number of likely N-dealkylation sites (N-methyl/N-ethyl adjacent to an activating group) is 1. The van der Waals surface area contributed by atoms with E-state index >= 15 is 0 Å². The zero-order chi connectivity index (χ0) is 15.2. The van der Waals surface area contributed by atoms with Gasteiger partial charge < -0.3 is 20.6 Å². The lowest BCUT2D eigenvalue weighted by Crippen LogP contribution is -2.47. The molecule has 2 heterocycles. The molecule has 2 rings (SSSR count). The first kappa shape index (κ1) is 15.2. The van der Waals surface area contributed by atoms with E-state index in [9.17, 15) is 9.59 Å². The number of rotatable bonds is 4. The number of carbonyl (C=O) groups is 2. The lowest BCUT2D eigenvalue weighted by atomic mass is 10.1. The lowest BCUT2D eigenvalue weighted by Gasteiger charge is -2.30. The number of carbonyl (C=O) groups excluding carboxylic acids is 1. The van der Waals surface area contributed by atoms with Crippen molar-refractivity contribution in [3.05, 3.63) is 24.0 Å². The van der Waals surface area contributed by atoms with Crippen LogP contribution in [0, 0.1) is 0 Å². The van der Waals surface area contributed by atoms with E-state index in [0.717, 1.165) is 25.9 Å². The first-order valence-corrected chi connectivity index (χ1v) is 6.95. The molecule has 114 valence electrons. The molecule has 2 amide bonds. The van der Waals surface area contributed by atoms with Gasteiger partial charge in [0.05, 0.1) is 24.0 Å². The molecule has 0 radical (unpaired) electrons. The SMILES string of the molecule is CN1CCCC(NC(=O)Nc2ccc(CC(=O)O)nc2)C1. The maximum absolute atomic E-state index is 11.9. The van der Waals surface area contributed by atoms with Gasteiger partial charge in [-0.2, -0.15) is 0 Å². The number of aliphatic carboxylic acids is 1. The molecule has 21 heavy (non-hydrogen) atoms. The van der Waals surface area contributed by atoms with Gasteiger partial charge in [0.25, 0.3) is 0 Å². The van der Waals surface area contributed by atoms with E-state index in [-0.39, 0.29) is 18.5 Å². The van der Waals surface area contributed by atoms with Gasteiger partial charge in [0.15, 0.2) is 0 Å². The third-order valence-corrected chi connectivity index (χ3v) is 3.37. The maximum atomic E-state index is 11.9. The third-order valence-electron chi connectivity index (χ3n) is 3.37. The summed E-state index contributed by atoms with van der Waals surface area (Å²) in [5.74, 6) is -0.928. The number of urea groups is 1. The van der Waals surface area contributed by atoms with E-state index < -0.39 is 5.97 Å². The Morgan fingerprint density at radius 3 is 2.90 bits per heavy atom. The molecule has 1 saturated heterocycles. The number of aromatic nitrogens is 1. The summed E-state index contributed by atoms with van der Waals surface area (Å²) in [6, 6.07) is 3.14. The van der Waals surface area contributed by atoms with Crippen molar-refractivity contribution < 1.29 is 14.7 Å². The molecular weight excluding hydrogens is 272 g/mol. The molecule has 0 bridgehead atoms. The van der Waals surface area contributed by atoms with Gasteiger partial charge in [-0.15, -0.1) is 0 Å². The van der Waals surface area contributed by atoms with E-state index in [1.54, 1.807) is 12.1 Å². The predicted octanol–water partition coefficient (Wildman–Crippen LogP) is 0.924. The van der Waals surface area contributed by atoms with Crippen LogP contribution in [0.15, 0.2) is 18.3 Å². The van der Waals surface area contributed by atoms with E-state index in [2.05, 4.69) is 20.5 Å². The minimum Gasteiger partial charge on any atom is -0.481 e. The van der Waals surface area contributed by atoms with Crippen LogP contribution in [0.3, 0.4) is 0 Å². The van der Waals surface area contributed by atoms with Gasteiger partial charge in [-0.25, -0.2) is 4.79 Å². The number of nitrogens with one attached hydrogen (secondary N) is 2. The highest BCUT2D eigenvalue weighted by atomic mass is 16.4. The van der Waals surface area contributed by atoms with Crippen molar-refractivity contribution in [2.24, 2.45) is 0 Å². The van der Waals surface area contributed by atoms with Crippen molar-refractivity contribution in [1.82, 2.24) is 15.2 Å². The molecule has 0 saturated carbocycles. The van der Waals surface area contributed by atoms with Crippen LogP contribution >= 0.6 is 0 Å². The Kier molecular flexibility index (Phi) is 5.10. The summed E-state index contributed by atoms with van der Waals surface area (Å²) in [5.41, 5.74) is 1.01. The number of pyridine rings is 1. The van der Waals surface area contributed by atoms with E-state index in [0.29, 0.717) is 11.4 Å². The molecule has 7 heteroatoms. The summed E-state index contributed by atoms with van der Waals surface area (Å²) in [6.45, 7) is 1.91. The summed E-state index contributed by atoms with van der Waals surface area (Å²) in [7, 11) is 2.04. The van der Waals surface area contributed by atoms with Gasteiger partial charge >= 0.3 is 12.0 Å². The predicted molar refractivity (Wildman–Crippen MR) is 78.3 cm³/mol. The van der Waals surface area contributed by atoms with Crippen LogP contribution < -0.4 is 10.6 Å². The number of amides is 2. The Hall–Kier alpha value is -2.15. The summed E-state index contributed by atoms with van der Waals surface area (Å²) >= 11 is 0. The van der Waals surface area contributed by atoms with Crippen molar-refractivity contribution in [3.63, 3.8) is 0 Å². The standard InChI is InChI=1S/C14H20N4O3/c1-18-6-2-3-12(9-18)17-14(21)16-11-5-4-10(15-8-11)7-13(19)20/h4-5,8,12H,2-3,6-7,9H2,1H3,(H,19,20)(H2,16,17,21). The molecule has 1 aliphatic heterocycles. The molecule has 0 spiro atoms. The molecule has 0 aliphatic carbocycles. The number of nitrogens with zero attached hydrogens (tertiary/aromatic N) is 2. The van der Waals surface area contributed by atoms with Crippen molar-refractivity contribution in [2.45, 2.75) is 25.3 Å². The highest BCUT2D eigenvalue weighted by Crippen LogP contribution is 2.09. The van der Waals surface area contributed by atoms with Crippen LogP contribution in [0.4, 0.5) is 10.5 Å². The second kappa shape index (κ2) is 7.03. The average Bonchev–Trinajstić information content (AvgIpc) is 2.40. The normalized spacial score (nSPS) is 19.0. The first-order valence-electron chi connectivity index (χ1n) is 6.95. The molecule has 1 aromatic heterocycles.